The van der Waals surface area contributed by atoms with E-state index in [0.717, 1.165) is 13.0 Å². The van der Waals surface area contributed by atoms with E-state index < -0.39 is 5.97 Å². The van der Waals surface area contributed by atoms with Gasteiger partial charge in [-0.15, -0.1) is 0 Å². The monoisotopic (exact) mass is 233 g/mol. The van der Waals surface area contributed by atoms with E-state index in [1.807, 2.05) is 0 Å². The van der Waals surface area contributed by atoms with Crippen LogP contribution in [0, 0.1) is 0 Å². The Bertz CT molecular complexity index is 426. The van der Waals surface area contributed by atoms with Crippen LogP contribution < -0.4 is 5.32 Å². The number of hydrogen-bond donors (Lipinski definition) is 2. The van der Waals surface area contributed by atoms with Gasteiger partial charge in [0.05, 0.1) is 12.4 Å². The number of hydrogen-bond acceptors (Lipinski definition) is 4. The van der Waals surface area contributed by atoms with Crippen LogP contribution in [-0.4, -0.2) is 27.6 Å². The Balaban J connectivity index is 1.80. The van der Waals surface area contributed by atoms with Gasteiger partial charge in [0, 0.05) is 6.54 Å². The van der Waals surface area contributed by atoms with E-state index in [9.17, 15) is 4.79 Å². The first kappa shape index (κ1) is 11.6. The van der Waals surface area contributed by atoms with Gasteiger partial charge in [-0.2, -0.15) is 0 Å². The predicted molar refractivity (Wildman–Crippen MR) is 64.0 cm³/mol. The van der Waals surface area contributed by atoms with Crippen molar-refractivity contribution in [2.45, 2.75) is 25.7 Å². The summed E-state index contributed by atoms with van der Waals surface area (Å²) in [5, 5.41) is 11.8. The van der Waals surface area contributed by atoms with Crippen molar-refractivity contribution >= 4 is 11.8 Å². The van der Waals surface area contributed by atoms with Crippen LogP contribution in [0.4, 0.5) is 5.82 Å². The molecule has 0 spiro atoms. The maximum Gasteiger partial charge on any atom is 0.356 e. The van der Waals surface area contributed by atoms with Crippen LogP contribution in [0.5, 0.6) is 0 Å². The lowest BCUT2D eigenvalue weighted by Gasteiger charge is -2.05. The predicted octanol–water partition coefficient (Wildman–Crippen LogP) is 2.09. The van der Waals surface area contributed by atoms with E-state index in [0.29, 0.717) is 5.82 Å². The van der Waals surface area contributed by atoms with Gasteiger partial charge in [0.1, 0.15) is 5.82 Å². The van der Waals surface area contributed by atoms with Crippen LogP contribution in [-0.2, 0) is 0 Å². The Kier molecular flexibility index (Phi) is 3.69. The van der Waals surface area contributed by atoms with E-state index in [1.165, 1.54) is 37.2 Å². The fraction of sp³-hybridized carbons (Fsp3) is 0.417. The summed E-state index contributed by atoms with van der Waals surface area (Å²) in [5.41, 5.74) is 1.46. The van der Waals surface area contributed by atoms with E-state index in [1.54, 1.807) is 0 Å². The molecule has 90 valence electrons. The highest BCUT2D eigenvalue weighted by Gasteiger charge is 2.06. The Morgan fingerprint density at radius 3 is 2.88 bits per heavy atom. The first-order chi connectivity index (χ1) is 8.25. The molecule has 0 saturated heterocycles. The second kappa shape index (κ2) is 5.43. The Hall–Kier alpha value is -1.91. The third-order valence-corrected chi connectivity index (χ3v) is 2.76. The number of carbonyl (C=O) groups is 1. The first-order valence-electron chi connectivity index (χ1n) is 5.73. The molecule has 0 aromatic carbocycles. The molecule has 5 nitrogen and oxygen atoms in total. The Morgan fingerprint density at radius 1 is 1.41 bits per heavy atom. The van der Waals surface area contributed by atoms with Crippen LogP contribution in [0.15, 0.2) is 24.0 Å². The zero-order chi connectivity index (χ0) is 12.1. The van der Waals surface area contributed by atoms with E-state index >= 15 is 0 Å². The third kappa shape index (κ3) is 3.27. The van der Waals surface area contributed by atoms with Gasteiger partial charge in [0.25, 0.3) is 0 Å². The lowest BCUT2D eigenvalue weighted by molar-refractivity contribution is 0.0690. The van der Waals surface area contributed by atoms with Crippen molar-refractivity contribution in [2.75, 3.05) is 11.9 Å². The maximum atomic E-state index is 10.6. The van der Waals surface area contributed by atoms with Gasteiger partial charge >= 0.3 is 5.97 Å². The number of carboxylic acids is 1. The minimum Gasteiger partial charge on any atom is -0.476 e. The van der Waals surface area contributed by atoms with Gasteiger partial charge in [0.2, 0.25) is 0 Å². The van der Waals surface area contributed by atoms with Crippen LogP contribution >= 0.6 is 0 Å². The van der Waals surface area contributed by atoms with Gasteiger partial charge in [-0.1, -0.05) is 11.6 Å². The van der Waals surface area contributed by atoms with Gasteiger partial charge in [0.15, 0.2) is 5.69 Å². The summed E-state index contributed by atoms with van der Waals surface area (Å²) in [6.45, 7) is 0.812. The highest BCUT2D eigenvalue weighted by atomic mass is 16.4. The average Bonchev–Trinajstić information content (AvgIpc) is 2.83. The van der Waals surface area contributed by atoms with Crippen molar-refractivity contribution in [1.29, 1.82) is 0 Å². The van der Waals surface area contributed by atoms with E-state index in [4.69, 9.17) is 5.11 Å². The molecular weight excluding hydrogens is 218 g/mol. The SMILES string of the molecule is O=C(O)c1cnc(NCCC2=CCCC2)cn1. The van der Waals surface area contributed by atoms with E-state index in [2.05, 4.69) is 21.4 Å². The molecule has 0 aliphatic heterocycles. The Labute approximate surface area is 99.6 Å². The highest BCUT2D eigenvalue weighted by molar-refractivity contribution is 5.84. The average molecular weight is 233 g/mol. The molecule has 0 bridgehead atoms. The number of nitrogens with one attached hydrogen (secondary N) is 1. The molecule has 2 N–H and O–H groups in total. The van der Waals surface area contributed by atoms with Crippen molar-refractivity contribution in [3.63, 3.8) is 0 Å². The second-order valence-electron chi connectivity index (χ2n) is 4.02. The molecule has 0 amide bonds. The molecule has 0 atom stereocenters. The van der Waals surface area contributed by atoms with Crippen LogP contribution in [0.25, 0.3) is 0 Å². The first-order valence-corrected chi connectivity index (χ1v) is 5.73. The summed E-state index contributed by atoms with van der Waals surface area (Å²) in [7, 11) is 0. The van der Waals surface area contributed by atoms with Crippen molar-refractivity contribution in [1.82, 2.24) is 9.97 Å². The lowest BCUT2D eigenvalue weighted by atomic mass is 10.2. The largest absolute Gasteiger partial charge is 0.476 e. The molecule has 0 unspecified atom stereocenters. The normalized spacial score (nSPS) is 14.5. The zero-order valence-electron chi connectivity index (χ0n) is 9.52. The van der Waals surface area contributed by atoms with Crippen molar-refractivity contribution in [3.05, 3.63) is 29.7 Å². The number of anilines is 1. The molecule has 0 saturated carbocycles. The standard InChI is InChI=1S/C12H15N3O2/c16-12(17)10-7-15-11(8-14-10)13-6-5-9-3-1-2-4-9/h3,7-8H,1-2,4-6H2,(H,13,15)(H,16,17). The molecule has 1 aliphatic rings. The van der Waals surface area contributed by atoms with Crippen LogP contribution in [0.3, 0.4) is 0 Å². The molecule has 1 aliphatic carbocycles. The number of nitrogens with zero attached hydrogens (tertiary/aromatic N) is 2. The van der Waals surface area contributed by atoms with Crippen LogP contribution in [0.2, 0.25) is 0 Å². The number of aromatic carboxylic acids is 1. The summed E-state index contributed by atoms with van der Waals surface area (Å²) in [5.74, 6) is -0.436. The van der Waals surface area contributed by atoms with Crippen molar-refractivity contribution in [2.24, 2.45) is 0 Å². The van der Waals surface area contributed by atoms with Crippen LogP contribution in [0.1, 0.15) is 36.2 Å². The van der Waals surface area contributed by atoms with E-state index in [-0.39, 0.29) is 5.69 Å². The number of carboxylic acid groups (broad SMARTS) is 1. The van der Waals surface area contributed by atoms with Gasteiger partial charge < -0.3 is 10.4 Å². The third-order valence-electron chi connectivity index (χ3n) is 2.76. The topological polar surface area (TPSA) is 75.1 Å². The molecule has 17 heavy (non-hydrogen) atoms. The second-order valence-corrected chi connectivity index (χ2v) is 4.02. The van der Waals surface area contributed by atoms with Gasteiger partial charge in [-0.3, -0.25) is 0 Å². The molecule has 5 heteroatoms. The van der Waals surface area contributed by atoms with Gasteiger partial charge in [-0.05, 0) is 25.7 Å². The quantitative estimate of drug-likeness (QED) is 0.761. The summed E-state index contributed by atoms with van der Waals surface area (Å²) in [6.07, 6.45) is 9.69. The molecule has 0 radical (unpaired) electrons. The Morgan fingerprint density at radius 2 is 2.29 bits per heavy atom. The summed E-state index contributed by atoms with van der Waals surface area (Å²) in [6, 6.07) is 0. The minimum atomic E-state index is -1.06. The molecule has 0 fully saturated rings. The highest BCUT2D eigenvalue weighted by Crippen LogP contribution is 2.20. The lowest BCUT2D eigenvalue weighted by Crippen LogP contribution is -2.07. The summed E-state index contributed by atoms with van der Waals surface area (Å²) >= 11 is 0. The fourth-order valence-corrected chi connectivity index (χ4v) is 1.85. The smallest absolute Gasteiger partial charge is 0.356 e. The molecule has 1 heterocycles. The number of aromatic nitrogens is 2. The molecule has 2 rings (SSSR count). The fourth-order valence-electron chi connectivity index (χ4n) is 1.85. The number of rotatable bonds is 5. The molecule has 1 aromatic heterocycles. The maximum absolute atomic E-state index is 10.6. The summed E-state index contributed by atoms with van der Waals surface area (Å²) < 4.78 is 0. The number of allylic oxidation sites excluding steroid dienone is 1. The summed E-state index contributed by atoms with van der Waals surface area (Å²) in [4.78, 5) is 18.3. The molecular formula is C12H15N3O2. The zero-order valence-corrected chi connectivity index (χ0v) is 9.52. The van der Waals surface area contributed by atoms with Crippen molar-refractivity contribution in [3.8, 4) is 0 Å². The van der Waals surface area contributed by atoms with Gasteiger partial charge in [-0.25, -0.2) is 14.8 Å². The minimum absolute atomic E-state index is 0.0333. The van der Waals surface area contributed by atoms with Crippen molar-refractivity contribution < 1.29 is 9.90 Å². The molecule has 1 aromatic rings.